The Morgan fingerprint density at radius 3 is 3.00 bits per heavy atom. The first-order valence-corrected chi connectivity index (χ1v) is 6.90. The van der Waals surface area contributed by atoms with Crippen LogP contribution in [0.5, 0.6) is 0 Å². The number of hydrogen-bond donors (Lipinski definition) is 2. The number of carbonyl (C=O) groups excluding carboxylic acids is 1. The van der Waals surface area contributed by atoms with Crippen LogP contribution in [0, 0.1) is 0 Å². The summed E-state index contributed by atoms with van der Waals surface area (Å²) in [7, 11) is 0. The number of amides is 1. The van der Waals surface area contributed by atoms with Gasteiger partial charge in [-0.15, -0.1) is 22.7 Å². The first-order valence-electron chi connectivity index (χ1n) is 4.76. The minimum atomic E-state index is -0.741. The number of thiazole rings is 1. The maximum absolute atomic E-state index is 11.5. The number of thiophene rings is 1. The summed E-state index contributed by atoms with van der Waals surface area (Å²) in [4.78, 5) is 16.2. The average Bonchev–Trinajstić information content (AvgIpc) is 2.95. The highest BCUT2D eigenvalue weighted by molar-refractivity contribution is 7.16. The van der Waals surface area contributed by atoms with E-state index < -0.39 is 6.10 Å². The smallest absolute Gasteiger partial charge is 0.270 e. The second kappa shape index (κ2) is 5.59. The Labute approximate surface area is 111 Å². The van der Waals surface area contributed by atoms with Crippen LogP contribution in [0.3, 0.4) is 0 Å². The molecule has 0 aliphatic rings. The Bertz CT molecular complexity index is 498. The van der Waals surface area contributed by atoms with Gasteiger partial charge in [-0.05, 0) is 12.1 Å². The van der Waals surface area contributed by atoms with Gasteiger partial charge in [0.05, 0.1) is 9.85 Å². The molecule has 2 N–H and O–H groups in total. The van der Waals surface area contributed by atoms with Crippen molar-refractivity contribution in [2.24, 2.45) is 0 Å². The zero-order valence-electron chi connectivity index (χ0n) is 8.59. The van der Waals surface area contributed by atoms with Crippen LogP contribution < -0.4 is 5.32 Å². The molecule has 2 aromatic rings. The number of aliphatic hydroxyl groups is 1. The van der Waals surface area contributed by atoms with Crippen molar-refractivity contribution in [3.05, 3.63) is 37.9 Å². The van der Waals surface area contributed by atoms with Crippen LogP contribution in [0.15, 0.2) is 23.0 Å². The van der Waals surface area contributed by atoms with Gasteiger partial charge >= 0.3 is 0 Å². The topological polar surface area (TPSA) is 62.2 Å². The lowest BCUT2D eigenvalue weighted by Gasteiger charge is -2.08. The van der Waals surface area contributed by atoms with E-state index >= 15 is 0 Å². The molecule has 1 amide bonds. The summed E-state index contributed by atoms with van der Waals surface area (Å²) in [6, 6.07) is 3.46. The van der Waals surface area contributed by atoms with Gasteiger partial charge in [0.2, 0.25) is 0 Å². The number of nitrogens with zero attached hydrogens (tertiary/aromatic N) is 1. The number of aliphatic hydroxyl groups excluding tert-OH is 1. The van der Waals surface area contributed by atoms with E-state index in [2.05, 4.69) is 10.3 Å². The summed E-state index contributed by atoms with van der Waals surface area (Å²) < 4.78 is 0.616. The number of hydrogen-bond acceptors (Lipinski definition) is 5. The Hall–Kier alpha value is -0.950. The van der Waals surface area contributed by atoms with Crippen LogP contribution in [0.1, 0.15) is 21.5 Å². The van der Waals surface area contributed by atoms with E-state index in [4.69, 9.17) is 11.6 Å². The third kappa shape index (κ3) is 3.26. The molecule has 0 saturated heterocycles. The number of halogens is 1. The van der Waals surface area contributed by atoms with E-state index in [1.54, 1.807) is 23.0 Å². The highest BCUT2D eigenvalue weighted by Crippen LogP contribution is 2.26. The van der Waals surface area contributed by atoms with E-state index in [9.17, 15) is 9.90 Å². The van der Waals surface area contributed by atoms with Gasteiger partial charge in [-0.1, -0.05) is 11.6 Å². The SMILES string of the molecule is O=C(NCC(O)c1ccc(Cl)s1)c1cscn1. The van der Waals surface area contributed by atoms with E-state index in [1.165, 1.54) is 22.7 Å². The van der Waals surface area contributed by atoms with E-state index in [0.717, 1.165) is 4.88 Å². The number of aromatic nitrogens is 1. The van der Waals surface area contributed by atoms with Gasteiger partial charge in [0.25, 0.3) is 5.91 Å². The molecule has 0 radical (unpaired) electrons. The van der Waals surface area contributed by atoms with E-state index in [-0.39, 0.29) is 12.5 Å². The van der Waals surface area contributed by atoms with Gasteiger partial charge in [0.1, 0.15) is 11.8 Å². The quantitative estimate of drug-likeness (QED) is 0.907. The van der Waals surface area contributed by atoms with E-state index in [0.29, 0.717) is 10.0 Å². The average molecular weight is 289 g/mol. The van der Waals surface area contributed by atoms with Crippen LogP contribution in [0.25, 0.3) is 0 Å². The third-order valence-corrected chi connectivity index (χ3v) is 3.96. The first-order chi connectivity index (χ1) is 8.16. The molecule has 0 bridgehead atoms. The largest absolute Gasteiger partial charge is 0.386 e. The van der Waals surface area contributed by atoms with Crippen molar-refractivity contribution in [1.82, 2.24) is 10.3 Å². The van der Waals surface area contributed by atoms with Gasteiger partial charge in [0.15, 0.2) is 0 Å². The molecule has 0 fully saturated rings. The summed E-state index contributed by atoms with van der Waals surface area (Å²) in [5.74, 6) is -0.284. The van der Waals surface area contributed by atoms with Gasteiger partial charge in [-0.3, -0.25) is 4.79 Å². The van der Waals surface area contributed by atoms with Gasteiger partial charge in [0, 0.05) is 16.8 Å². The summed E-state index contributed by atoms with van der Waals surface area (Å²) >= 11 is 8.41. The lowest BCUT2D eigenvalue weighted by Crippen LogP contribution is -2.28. The molecule has 2 heterocycles. The molecule has 0 saturated carbocycles. The minimum absolute atomic E-state index is 0.146. The Morgan fingerprint density at radius 1 is 1.59 bits per heavy atom. The molecule has 0 aliphatic carbocycles. The third-order valence-electron chi connectivity index (χ3n) is 2.04. The fourth-order valence-electron chi connectivity index (χ4n) is 1.21. The van der Waals surface area contributed by atoms with Crippen molar-refractivity contribution in [3.63, 3.8) is 0 Å². The maximum atomic E-state index is 11.5. The first kappa shape index (κ1) is 12.5. The van der Waals surface area contributed by atoms with Gasteiger partial charge in [-0.25, -0.2) is 4.98 Å². The molecular formula is C10H9ClN2O2S2. The Kier molecular flexibility index (Phi) is 4.11. The predicted molar refractivity (Wildman–Crippen MR) is 68.7 cm³/mol. The van der Waals surface area contributed by atoms with Crippen LogP contribution in [-0.2, 0) is 0 Å². The minimum Gasteiger partial charge on any atom is -0.386 e. The number of nitrogens with one attached hydrogen (secondary N) is 1. The molecule has 0 spiro atoms. The van der Waals surface area contributed by atoms with Crippen molar-refractivity contribution in [2.45, 2.75) is 6.10 Å². The van der Waals surface area contributed by atoms with Crippen LogP contribution in [0.4, 0.5) is 0 Å². The molecule has 1 atom stereocenters. The van der Waals surface area contributed by atoms with Gasteiger partial charge < -0.3 is 10.4 Å². The molecule has 2 aromatic heterocycles. The second-order valence-electron chi connectivity index (χ2n) is 3.24. The van der Waals surface area contributed by atoms with Crippen LogP contribution in [0.2, 0.25) is 4.34 Å². The summed E-state index contributed by atoms with van der Waals surface area (Å²) in [6.45, 7) is 0.146. The lowest BCUT2D eigenvalue weighted by molar-refractivity contribution is 0.0914. The fourth-order valence-corrected chi connectivity index (χ4v) is 2.79. The molecule has 17 heavy (non-hydrogen) atoms. The Morgan fingerprint density at radius 2 is 2.41 bits per heavy atom. The standard InChI is InChI=1S/C10H9ClN2O2S2/c11-9-2-1-8(17-9)7(14)3-12-10(15)6-4-16-5-13-6/h1-2,4-5,7,14H,3H2,(H,12,15). The highest BCUT2D eigenvalue weighted by Gasteiger charge is 2.13. The van der Waals surface area contributed by atoms with Crippen molar-refractivity contribution in [2.75, 3.05) is 6.54 Å². The zero-order valence-corrected chi connectivity index (χ0v) is 11.0. The summed E-state index contributed by atoms with van der Waals surface area (Å²) in [5.41, 5.74) is 1.95. The van der Waals surface area contributed by atoms with Crippen molar-refractivity contribution < 1.29 is 9.90 Å². The molecular weight excluding hydrogens is 280 g/mol. The summed E-state index contributed by atoms with van der Waals surface area (Å²) in [5, 5.41) is 14.1. The fraction of sp³-hybridized carbons (Fsp3) is 0.200. The lowest BCUT2D eigenvalue weighted by atomic mass is 10.3. The second-order valence-corrected chi connectivity index (χ2v) is 5.71. The van der Waals surface area contributed by atoms with Gasteiger partial charge in [-0.2, -0.15) is 0 Å². The summed E-state index contributed by atoms with van der Waals surface area (Å²) in [6.07, 6.45) is -0.741. The molecule has 7 heteroatoms. The number of carbonyl (C=O) groups is 1. The predicted octanol–water partition coefficient (Wildman–Crippen LogP) is 2.32. The molecule has 1 unspecified atom stereocenters. The molecule has 0 aromatic carbocycles. The monoisotopic (exact) mass is 288 g/mol. The molecule has 0 aliphatic heterocycles. The van der Waals surface area contributed by atoms with Crippen molar-refractivity contribution in [3.8, 4) is 0 Å². The molecule has 4 nitrogen and oxygen atoms in total. The molecule has 90 valence electrons. The highest BCUT2D eigenvalue weighted by atomic mass is 35.5. The van der Waals surface area contributed by atoms with E-state index in [1.807, 2.05) is 0 Å². The van der Waals surface area contributed by atoms with Crippen molar-refractivity contribution in [1.29, 1.82) is 0 Å². The molecule has 2 rings (SSSR count). The Balaban J connectivity index is 1.88. The van der Waals surface area contributed by atoms with Crippen molar-refractivity contribution >= 4 is 40.2 Å². The maximum Gasteiger partial charge on any atom is 0.270 e. The normalized spacial score (nSPS) is 12.4. The number of rotatable bonds is 4. The van der Waals surface area contributed by atoms with Crippen LogP contribution in [-0.4, -0.2) is 22.5 Å². The zero-order chi connectivity index (χ0) is 12.3. The van der Waals surface area contributed by atoms with Crippen LogP contribution >= 0.6 is 34.3 Å².